The van der Waals surface area contributed by atoms with E-state index in [-0.39, 0.29) is 16.7 Å². The van der Waals surface area contributed by atoms with Crippen molar-refractivity contribution in [2.45, 2.75) is 24.5 Å². The van der Waals surface area contributed by atoms with Crippen molar-refractivity contribution in [1.82, 2.24) is 10.2 Å². The average Bonchev–Trinajstić information content (AvgIpc) is 2.77. The third-order valence-electron chi connectivity index (χ3n) is 5.26. The third-order valence-corrected chi connectivity index (χ3v) is 5.26. The number of nitrogens with one attached hydrogen (secondary N) is 3. The number of carbonyl (C=O) groups excluding carboxylic acids is 2. The average molecular weight is 532 g/mol. The van der Waals surface area contributed by atoms with E-state index in [1.54, 1.807) is 0 Å². The third kappa shape index (κ3) is 6.57. The highest BCUT2D eigenvalue weighted by Gasteiger charge is 2.48. The van der Waals surface area contributed by atoms with Gasteiger partial charge >= 0.3 is 12.5 Å². The lowest BCUT2D eigenvalue weighted by atomic mass is 9.79. The van der Waals surface area contributed by atoms with Crippen molar-refractivity contribution in [3.8, 4) is 5.75 Å². The summed E-state index contributed by atoms with van der Waals surface area (Å²) in [5, 5.41) is 12.5. The van der Waals surface area contributed by atoms with Gasteiger partial charge in [-0.1, -0.05) is 18.2 Å². The van der Waals surface area contributed by atoms with Crippen LogP contribution in [0.1, 0.15) is 21.8 Å². The molecule has 0 aliphatic carbocycles. The predicted molar refractivity (Wildman–Crippen MR) is 118 cm³/mol. The molecule has 2 aromatic carbocycles. The molecule has 0 aromatic heterocycles. The molecule has 2 atom stereocenters. The van der Waals surface area contributed by atoms with Crippen LogP contribution in [0.5, 0.6) is 5.75 Å². The Balaban J connectivity index is 2.13. The lowest BCUT2D eigenvalue weighted by Crippen LogP contribution is -2.55. The second kappa shape index (κ2) is 10.5. The van der Waals surface area contributed by atoms with Gasteiger partial charge in [-0.3, -0.25) is 9.59 Å². The summed E-state index contributed by atoms with van der Waals surface area (Å²) in [6.07, 6.45) is -8.22. The van der Waals surface area contributed by atoms with E-state index < -0.39 is 60.1 Å². The summed E-state index contributed by atoms with van der Waals surface area (Å²) in [5.41, 5.74) is -0.846. The van der Waals surface area contributed by atoms with Gasteiger partial charge in [0.2, 0.25) is 5.91 Å². The van der Waals surface area contributed by atoms with Crippen LogP contribution in [0.3, 0.4) is 0 Å². The van der Waals surface area contributed by atoms with Gasteiger partial charge in [-0.25, -0.2) is 4.39 Å². The van der Waals surface area contributed by atoms with Crippen molar-refractivity contribution in [2.75, 3.05) is 18.9 Å². The maximum Gasteiger partial charge on any atom is 0.573 e. The predicted octanol–water partition coefficient (Wildman–Crippen LogP) is 4.59. The molecular formula is C23H19F7N4O3. The number of amides is 2. The molecule has 0 fully saturated rings. The number of rotatable bonds is 7. The summed E-state index contributed by atoms with van der Waals surface area (Å²) in [6, 6.07) is 5.52. The van der Waals surface area contributed by atoms with Crippen molar-refractivity contribution < 1.29 is 45.1 Å². The van der Waals surface area contributed by atoms with Crippen LogP contribution >= 0.6 is 0 Å². The molecule has 3 N–H and O–H groups in total. The molecule has 0 spiro atoms. The number of nitrogens with zero attached hydrogens (tertiary/aromatic N) is 1. The number of anilines is 1. The molecule has 1 aliphatic heterocycles. The fourth-order valence-corrected chi connectivity index (χ4v) is 4.04. The van der Waals surface area contributed by atoms with Crippen LogP contribution in [-0.2, 0) is 4.79 Å². The van der Waals surface area contributed by atoms with E-state index in [0.29, 0.717) is 29.3 Å². The van der Waals surface area contributed by atoms with Crippen LogP contribution in [0.2, 0.25) is 0 Å². The van der Waals surface area contributed by atoms with Crippen LogP contribution in [-0.4, -0.2) is 55.1 Å². The number of hydrogen-bond donors (Lipinski definition) is 3. The summed E-state index contributed by atoms with van der Waals surface area (Å²) in [4.78, 5) is 26.9. The molecule has 198 valence electrons. The van der Waals surface area contributed by atoms with E-state index >= 15 is 0 Å². The highest BCUT2D eigenvalue weighted by molar-refractivity contribution is 6.06. The Morgan fingerprint density at radius 2 is 1.81 bits per heavy atom. The van der Waals surface area contributed by atoms with Crippen LogP contribution in [0, 0.1) is 11.2 Å². The summed E-state index contributed by atoms with van der Waals surface area (Å²) in [6.45, 7) is -1.76. The first-order valence-corrected chi connectivity index (χ1v) is 10.5. The summed E-state index contributed by atoms with van der Waals surface area (Å²) in [5.74, 6) is -5.84. The Labute approximate surface area is 205 Å². The van der Waals surface area contributed by atoms with Gasteiger partial charge in [0, 0.05) is 48.4 Å². The number of carbonyl (C=O) groups is 2. The van der Waals surface area contributed by atoms with Crippen molar-refractivity contribution in [1.29, 1.82) is 5.41 Å². The van der Waals surface area contributed by atoms with Crippen molar-refractivity contribution in [3.63, 3.8) is 0 Å². The minimum absolute atomic E-state index is 0.0143. The molecule has 2 aromatic rings. The number of fused-ring (bicyclic) bond motifs is 1. The minimum atomic E-state index is -5.16. The SMILES string of the molecule is CN/C=C(\C=N)[C@H]1[C@H](C(=O)Nc2cc(F)cc(OC(F)(F)F)c2)c2ccccc2C(=O)N1CC(F)(F)F. The van der Waals surface area contributed by atoms with Gasteiger partial charge in [0.05, 0.1) is 12.0 Å². The molecular weight excluding hydrogens is 513 g/mol. The molecule has 7 nitrogen and oxygen atoms in total. The van der Waals surface area contributed by atoms with Crippen LogP contribution in [0.25, 0.3) is 0 Å². The Hall–Kier alpha value is -4.10. The standard InChI is InChI=1S/C23H19F7N4O3/c1-32-10-12(9-31)19-18(16-4-2-3-5-17(16)21(36)34(19)11-22(25,26)27)20(35)33-14-6-13(24)7-15(8-14)37-23(28,29)30/h2-10,18-19,31-32H,11H2,1H3,(H,33,35)/b12-10+,31-9?/t18-,19+/m1/s1. The van der Waals surface area contributed by atoms with E-state index in [1.165, 1.54) is 31.3 Å². The molecule has 0 radical (unpaired) electrons. The lowest BCUT2D eigenvalue weighted by Gasteiger charge is -2.42. The molecule has 1 aliphatic rings. The number of ether oxygens (including phenoxy) is 1. The van der Waals surface area contributed by atoms with Crippen molar-refractivity contribution in [2.24, 2.45) is 0 Å². The molecule has 2 amide bonds. The van der Waals surface area contributed by atoms with Gasteiger partial charge in [0.15, 0.2) is 0 Å². The highest BCUT2D eigenvalue weighted by Crippen LogP contribution is 2.39. The Bertz CT molecular complexity index is 1230. The van der Waals surface area contributed by atoms with E-state index in [2.05, 4.69) is 15.4 Å². The lowest BCUT2D eigenvalue weighted by molar-refractivity contribution is -0.274. The molecule has 14 heteroatoms. The van der Waals surface area contributed by atoms with Gasteiger partial charge in [-0.05, 0) is 17.7 Å². The monoisotopic (exact) mass is 532 g/mol. The van der Waals surface area contributed by atoms with E-state index in [4.69, 9.17) is 5.41 Å². The van der Waals surface area contributed by atoms with E-state index in [1.807, 2.05) is 0 Å². The Morgan fingerprint density at radius 3 is 2.41 bits per heavy atom. The van der Waals surface area contributed by atoms with Gasteiger partial charge < -0.3 is 25.7 Å². The first-order chi connectivity index (χ1) is 17.2. The zero-order valence-electron chi connectivity index (χ0n) is 18.9. The normalized spacial score (nSPS) is 18.2. The quantitative estimate of drug-likeness (QED) is 0.359. The highest BCUT2D eigenvalue weighted by atomic mass is 19.4. The van der Waals surface area contributed by atoms with Gasteiger partial charge in [0.1, 0.15) is 18.1 Å². The second-order valence-corrected chi connectivity index (χ2v) is 7.85. The topological polar surface area (TPSA) is 94.5 Å². The van der Waals surface area contributed by atoms with E-state index in [0.717, 1.165) is 6.20 Å². The summed E-state index contributed by atoms with van der Waals surface area (Å²) < 4.78 is 95.9. The van der Waals surface area contributed by atoms with Gasteiger partial charge in [-0.15, -0.1) is 13.2 Å². The molecule has 0 bridgehead atoms. The number of alkyl halides is 6. The zero-order valence-corrected chi connectivity index (χ0v) is 18.9. The fraction of sp³-hybridized carbons (Fsp3) is 0.261. The number of halogens is 7. The van der Waals surface area contributed by atoms with Gasteiger partial charge in [0.25, 0.3) is 5.91 Å². The van der Waals surface area contributed by atoms with Crippen LogP contribution in [0.15, 0.2) is 54.2 Å². The maximum atomic E-state index is 14.0. The van der Waals surface area contributed by atoms with Crippen molar-refractivity contribution >= 4 is 23.7 Å². The van der Waals surface area contributed by atoms with Crippen LogP contribution < -0.4 is 15.4 Å². The van der Waals surface area contributed by atoms with Crippen LogP contribution in [0.4, 0.5) is 36.4 Å². The van der Waals surface area contributed by atoms with Crippen molar-refractivity contribution in [3.05, 3.63) is 71.2 Å². The molecule has 37 heavy (non-hydrogen) atoms. The van der Waals surface area contributed by atoms with E-state index in [9.17, 15) is 40.3 Å². The zero-order chi connectivity index (χ0) is 27.5. The summed E-state index contributed by atoms with van der Waals surface area (Å²) >= 11 is 0. The molecule has 0 saturated carbocycles. The first kappa shape index (κ1) is 27.5. The molecule has 3 rings (SSSR count). The molecule has 0 saturated heterocycles. The Kier molecular flexibility index (Phi) is 7.79. The van der Waals surface area contributed by atoms with Gasteiger partial charge in [-0.2, -0.15) is 13.2 Å². The second-order valence-electron chi connectivity index (χ2n) is 7.85. The molecule has 1 heterocycles. The number of benzene rings is 2. The smallest absolute Gasteiger partial charge is 0.406 e. The fourth-order valence-electron chi connectivity index (χ4n) is 4.04. The molecule has 0 unspecified atom stereocenters. The largest absolute Gasteiger partial charge is 0.573 e. The summed E-state index contributed by atoms with van der Waals surface area (Å²) in [7, 11) is 1.39. The number of hydrogen-bond acceptors (Lipinski definition) is 5. The Morgan fingerprint density at radius 1 is 1.14 bits per heavy atom. The minimum Gasteiger partial charge on any atom is -0.406 e. The maximum absolute atomic E-state index is 14.0. The first-order valence-electron chi connectivity index (χ1n) is 10.5.